The summed E-state index contributed by atoms with van der Waals surface area (Å²) < 4.78 is 6.89. The van der Waals surface area contributed by atoms with E-state index in [1.54, 1.807) is 7.05 Å². The lowest BCUT2D eigenvalue weighted by molar-refractivity contribution is -0.150. The van der Waals surface area contributed by atoms with Crippen molar-refractivity contribution in [1.82, 2.24) is 14.7 Å². The average molecular weight is 722 g/mol. The van der Waals surface area contributed by atoms with E-state index in [1.807, 2.05) is 72.8 Å². The molecule has 0 saturated carbocycles. The van der Waals surface area contributed by atoms with Gasteiger partial charge in [0.25, 0.3) is 0 Å². The highest BCUT2D eigenvalue weighted by Crippen LogP contribution is 2.44. The smallest absolute Gasteiger partial charge is 0.410 e. The van der Waals surface area contributed by atoms with Gasteiger partial charge in [0.1, 0.15) is 25.2 Å². The van der Waals surface area contributed by atoms with E-state index >= 15 is 0 Å². The molecule has 0 bridgehead atoms. The molecule has 0 saturated heterocycles. The van der Waals surface area contributed by atoms with Gasteiger partial charge < -0.3 is 19.6 Å². The highest BCUT2D eigenvalue weighted by molar-refractivity contribution is 14.1. The summed E-state index contributed by atoms with van der Waals surface area (Å²) in [7, 11) is 2.97. The zero-order valence-electron chi connectivity index (χ0n) is 25.3. The van der Waals surface area contributed by atoms with Gasteiger partial charge in [-0.3, -0.25) is 19.3 Å². The van der Waals surface area contributed by atoms with E-state index < -0.39 is 36.6 Å². The highest BCUT2D eigenvalue weighted by atomic mass is 127. The van der Waals surface area contributed by atoms with Gasteiger partial charge in [-0.15, -0.1) is 0 Å². The number of aliphatic carboxylic acids is 1. The standard InChI is InChI=1S/C35H36IN3O6/c1-37(21-32(40)41)33(42)31(20-23-15-17-24(36)18-16-23)39-19-9-3-4-14-30(34(39)43)38(2)35(44)45-22-29-27-12-7-5-10-25(27)26-11-6-8-13-28(26)29/h3-8,10-13,15-18,29-31H,9,14,19-22H2,1-2H3,(H,40,41)/b4-3-/t30-,31-/m0/s1. The summed E-state index contributed by atoms with van der Waals surface area (Å²) in [6, 6.07) is 21.9. The Bertz CT molecular complexity index is 1560. The van der Waals surface area contributed by atoms with Crippen LogP contribution in [-0.2, 0) is 25.5 Å². The number of carbonyl (C=O) groups excluding carboxylic acids is 3. The number of carboxylic acids is 1. The maximum absolute atomic E-state index is 14.2. The monoisotopic (exact) mass is 721 g/mol. The predicted octanol–water partition coefficient (Wildman–Crippen LogP) is 5.17. The van der Waals surface area contributed by atoms with Crippen molar-refractivity contribution in [3.8, 4) is 11.1 Å². The van der Waals surface area contributed by atoms with Gasteiger partial charge in [0.15, 0.2) is 0 Å². The van der Waals surface area contributed by atoms with Crippen molar-refractivity contribution in [3.63, 3.8) is 0 Å². The Morgan fingerprint density at radius 2 is 1.58 bits per heavy atom. The van der Waals surface area contributed by atoms with Crippen LogP contribution in [0.15, 0.2) is 84.9 Å². The van der Waals surface area contributed by atoms with Crippen LogP contribution in [0.1, 0.15) is 35.4 Å². The molecule has 1 heterocycles. The Labute approximate surface area is 276 Å². The zero-order chi connectivity index (χ0) is 32.1. The number of fused-ring (bicyclic) bond motifs is 3. The molecule has 2 atom stereocenters. The first-order valence-corrected chi connectivity index (χ1v) is 16.0. The fourth-order valence-corrected chi connectivity index (χ4v) is 6.48. The van der Waals surface area contributed by atoms with Crippen LogP contribution in [0, 0.1) is 3.57 Å². The summed E-state index contributed by atoms with van der Waals surface area (Å²) in [4.78, 5) is 56.8. The Morgan fingerprint density at radius 3 is 2.20 bits per heavy atom. The summed E-state index contributed by atoms with van der Waals surface area (Å²) >= 11 is 2.20. The van der Waals surface area contributed by atoms with E-state index in [0.29, 0.717) is 6.42 Å². The minimum absolute atomic E-state index is 0.117. The normalized spacial score (nSPS) is 17.4. The molecule has 5 rings (SSSR count). The predicted molar refractivity (Wildman–Crippen MR) is 179 cm³/mol. The molecule has 1 aliphatic heterocycles. The molecule has 10 heteroatoms. The number of carbonyl (C=O) groups is 4. The molecule has 1 aliphatic carbocycles. The maximum Gasteiger partial charge on any atom is 0.410 e. The van der Waals surface area contributed by atoms with Crippen molar-refractivity contribution in [2.24, 2.45) is 0 Å². The van der Waals surface area contributed by atoms with E-state index in [1.165, 1.54) is 16.8 Å². The number of benzene rings is 3. The molecule has 0 radical (unpaired) electrons. The number of amides is 3. The number of likely N-dealkylation sites (N-methyl/N-ethyl adjacent to an activating group) is 2. The molecule has 3 amide bonds. The fraction of sp³-hybridized carbons (Fsp3) is 0.314. The molecule has 3 aromatic rings. The van der Waals surface area contributed by atoms with Gasteiger partial charge in [0.05, 0.1) is 0 Å². The maximum atomic E-state index is 14.2. The molecular formula is C35H36IN3O6. The van der Waals surface area contributed by atoms with Gasteiger partial charge >= 0.3 is 12.1 Å². The Morgan fingerprint density at radius 1 is 0.956 bits per heavy atom. The van der Waals surface area contributed by atoms with E-state index in [0.717, 1.165) is 36.3 Å². The number of halogens is 1. The Balaban J connectivity index is 1.36. The topological polar surface area (TPSA) is 107 Å². The third-order valence-corrected chi connectivity index (χ3v) is 9.19. The molecule has 3 aromatic carbocycles. The van der Waals surface area contributed by atoms with Crippen molar-refractivity contribution in [1.29, 1.82) is 0 Å². The summed E-state index contributed by atoms with van der Waals surface area (Å²) in [6.07, 6.45) is 4.16. The Hall–Kier alpha value is -4.19. The van der Waals surface area contributed by atoms with Gasteiger partial charge in [0, 0.05) is 36.5 Å². The van der Waals surface area contributed by atoms with Gasteiger partial charge in [0.2, 0.25) is 11.8 Å². The number of nitrogens with zero attached hydrogens (tertiary/aromatic N) is 3. The quantitative estimate of drug-likeness (QED) is 0.242. The first-order valence-electron chi connectivity index (χ1n) is 14.9. The lowest BCUT2D eigenvalue weighted by Crippen LogP contribution is -2.57. The fourth-order valence-electron chi connectivity index (χ4n) is 6.13. The number of ether oxygens (including phenoxy) is 1. The van der Waals surface area contributed by atoms with Crippen molar-refractivity contribution < 1.29 is 29.0 Å². The third kappa shape index (κ3) is 7.22. The second kappa shape index (κ2) is 14.3. The van der Waals surface area contributed by atoms with Gasteiger partial charge in [-0.05, 0) is 75.4 Å². The average Bonchev–Trinajstić information content (AvgIpc) is 3.34. The van der Waals surface area contributed by atoms with Gasteiger partial charge in [-0.1, -0.05) is 72.8 Å². The van der Waals surface area contributed by atoms with Crippen molar-refractivity contribution in [2.45, 2.75) is 37.3 Å². The number of carboxylic acid groups (broad SMARTS) is 1. The van der Waals surface area contributed by atoms with Gasteiger partial charge in [-0.2, -0.15) is 0 Å². The first-order chi connectivity index (χ1) is 21.7. The summed E-state index contributed by atoms with van der Waals surface area (Å²) in [6.45, 7) is -0.134. The lowest BCUT2D eigenvalue weighted by atomic mass is 9.98. The van der Waals surface area contributed by atoms with Crippen LogP contribution in [0.3, 0.4) is 0 Å². The summed E-state index contributed by atoms with van der Waals surface area (Å²) in [5, 5.41) is 9.35. The Kier molecular flexibility index (Phi) is 10.2. The molecule has 0 aromatic heterocycles. The van der Waals surface area contributed by atoms with E-state index in [4.69, 9.17) is 4.74 Å². The molecule has 234 valence electrons. The molecule has 2 aliphatic rings. The molecular weight excluding hydrogens is 685 g/mol. The van der Waals surface area contributed by atoms with E-state index in [-0.39, 0.29) is 37.8 Å². The first kappa shape index (κ1) is 32.2. The number of rotatable bonds is 9. The molecule has 9 nitrogen and oxygen atoms in total. The van der Waals surface area contributed by atoms with Crippen LogP contribution in [0.5, 0.6) is 0 Å². The van der Waals surface area contributed by atoms with Crippen LogP contribution in [-0.4, -0.2) is 89.6 Å². The van der Waals surface area contributed by atoms with Gasteiger partial charge in [-0.25, -0.2) is 4.79 Å². The number of hydrogen-bond acceptors (Lipinski definition) is 5. The molecule has 0 spiro atoms. The second-order valence-corrected chi connectivity index (χ2v) is 12.6. The molecule has 1 N–H and O–H groups in total. The van der Waals surface area contributed by atoms with Crippen LogP contribution in [0.25, 0.3) is 11.1 Å². The minimum atomic E-state index is -1.14. The zero-order valence-corrected chi connectivity index (χ0v) is 27.4. The largest absolute Gasteiger partial charge is 0.480 e. The van der Waals surface area contributed by atoms with Crippen molar-refractivity contribution in [3.05, 3.63) is 105 Å². The lowest BCUT2D eigenvalue weighted by Gasteiger charge is -2.38. The second-order valence-electron chi connectivity index (χ2n) is 11.4. The molecule has 0 unspecified atom stereocenters. The van der Waals surface area contributed by atoms with Crippen LogP contribution >= 0.6 is 22.6 Å². The minimum Gasteiger partial charge on any atom is -0.480 e. The molecule has 0 fully saturated rings. The number of hydrogen-bond donors (Lipinski definition) is 1. The summed E-state index contributed by atoms with van der Waals surface area (Å²) in [5.74, 6) is -2.13. The van der Waals surface area contributed by atoms with E-state index in [9.17, 15) is 24.3 Å². The van der Waals surface area contributed by atoms with Crippen molar-refractivity contribution >= 4 is 46.5 Å². The van der Waals surface area contributed by atoms with Crippen LogP contribution in [0.2, 0.25) is 0 Å². The summed E-state index contributed by atoms with van der Waals surface area (Å²) in [5.41, 5.74) is 5.26. The van der Waals surface area contributed by atoms with Crippen molar-refractivity contribution in [2.75, 3.05) is 33.8 Å². The highest BCUT2D eigenvalue weighted by Gasteiger charge is 2.39. The SMILES string of the molecule is CN(CC(=O)O)C(=O)[C@H](Cc1ccc(I)cc1)N1CC/C=C\C[C@H](N(C)C(=O)OCC2c3ccccc3-c3ccccc32)C1=O. The molecule has 45 heavy (non-hydrogen) atoms. The van der Waals surface area contributed by atoms with Crippen LogP contribution in [0.4, 0.5) is 4.79 Å². The van der Waals surface area contributed by atoms with Crippen LogP contribution < -0.4 is 0 Å². The van der Waals surface area contributed by atoms with E-state index in [2.05, 4.69) is 34.7 Å². The third-order valence-electron chi connectivity index (χ3n) is 8.47.